The summed E-state index contributed by atoms with van der Waals surface area (Å²) in [7, 11) is 0. The summed E-state index contributed by atoms with van der Waals surface area (Å²) in [6, 6.07) is 6.36. The lowest BCUT2D eigenvalue weighted by molar-refractivity contribution is 0.323. The van der Waals surface area contributed by atoms with Gasteiger partial charge in [0, 0.05) is 30.4 Å². The van der Waals surface area contributed by atoms with E-state index in [1.54, 1.807) is 12.1 Å². The number of hydrogen-bond donors (Lipinski definition) is 1. The van der Waals surface area contributed by atoms with E-state index in [0.29, 0.717) is 12.5 Å². The van der Waals surface area contributed by atoms with Crippen LogP contribution >= 0.6 is 0 Å². The molecule has 1 aromatic carbocycles. The number of likely N-dealkylation sites (N-methyl/N-ethyl adjacent to an activating group) is 1. The molecule has 0 saturated heterocycles. The van der Waals surface area contributed by atoms with Gasteiger partial charge in [0.2, 0.25) is 0 Å². The van der Waals surface area contributed by atoms with E-state index in [4.69, 9.17) is 0 Å². The second-order valence-corrected chi connectivity index (χ2v) is 7.15. The quantitative estimate of drug-likeness (QED) is 0.697. The predicted molar refractivity (Wildman–Crippen MR) is 115 cm³/mol. The number of rotatable bonds is 7. The first-order valence-electron chi connectivity index (χ1n) is 10.2. The maximum absolute atomic E-state index is 13.0. The Morgan fingerprint density at radius 1 is 1.14 bits per heavy atom. The number of anilines is 1. The Hall–Kier alpha value is -2.51. The molecular weight excluding hydrogens is 349 g/mol. The maximum atomic E-state index is 13.0. The fourth-order valence-electron chi connectivity index (χ4n) is 3.80. The average molecular weight is 380 g/mol. The maximum Gasteiger partial charge on any atom is 0.123 e. The highest BCUT2D eigenvalue weighted by Gasteiger charge is 2.29. The summed E-state index contributed by atoms with van der Waals surface area (Å²) in [5, 5.41) is 3.22. The summed E-state index contributed by atoms with van der Waals surface area (Å²) in [5.74, 6) is 6.74. The summed E-state index contributed by atoms with van der Waals surface area (Å²) < 4.78 is 13.0. The Labute approximate surface area is 168 Å². The van der Waals surface area contributed by atoms with Crippen molar-refractivity contribution in [2.45, 2.75) is 27.2 Å². The number of benzene rings is 1. The summed E-state index contributed by atoms with van der Waals surface area (Å²) >= 11 is 0. The van der Waals surface area contributed by atoms with E-state index >= 15 is 0 Å². The third-order valence-corrected chi connectivity index (χ3v) is 5.39. The molecule has 1 N–H and O–H groups in total. The lowest BCUT2D eigenvalue weighted by Crippen LogP contribution is -2.27. The minimum Gasteiger partial charge on any atom is -0.374 e. The lowest BCUT2D eigenvalue weighted by atomic mass is 9.92. The molecule has 1 aromatic rings. The number of nitrogens with one attached hydrogen (secondary N) is 1. The number of allylic oxidation sites excluding steroid dienone is 4. The number of fused-ring (bicyclic) bond motifs is 1. The zero-order valence-corrected chi connectivity index (χ0v) is 17.1. The topological polar surface area (TPSA) is 18.5 Å². The van der Waals surface area contributed by atoms with Gasteiger partial charge in [-0.15, -0.1) is 0 Å². The van der Waals surface area contributed by atoms with E-state index in [1.165, 1.54) is 23.4 Å². The smallest absolute Gasteiger partial charge is 0.123 e. The monoisotopic (exact) mass is 379 g/mol. The van der Waals surface area contributed by atoms with Crippen LogP contribution in [0.15, 0.2) is 59.5 Å². The van der Waals surface area contributed by atoms with Crippen LogP contribution in [0.25, 0.3) is 0 Å². The fourth-order valence-corrected chi connectivity index (χ4v) is 3.80. The van der Waals surface area contributed by atoms with Crippen LogP contribution in [0.2, 0.25) is 0 Å². The third kappa shape index (κ3) is 4.85. The Bertz CT molecular complexity index is 820. The van der Waals surface area contributed by atoms with Crippen molar-refractivity contribution in [3.8, 4) is 11.8 Å². The van der Waals surface area contributed by atoms with Gasteiger partial charge in [0.1, 0.15) is 5.82 Å². The molecule has 1 aliphatic carbocycles. The average Bonchev–Trinajstić information content (AvgIpc) is 3.07. The SMILES string of the molecule is CCN(CC)CC1=CC=C2C(C=C(C#CCNc3ccc(F)cc3)N2CC)C1. The molecule has 1 heterocycles. The first-order valence-corrected chi connectivity index (χ1v) is 10.2. The molecule has 1 atom stereocenters. The van der Waals surface area contributed by atoms with E-state index in [0.717, 1.165) is 44.0 Å². The van der Waals surface area contributed by atoms with E-state index < -0.39 is 0 Å². The zero-order chi connectivity index (χ0) is 19.9. The van der Waals surface area contributed by atoms with Crippen LogP contribution < -0.4 is 5.32 Å². The summed E-state index contributed by atoms with van der Waals surface area (Å²) in [4.78, 5) is 4.78. The van der Waals surface area contributed by atoms with Crippen LogP contribution in [-0.4, -0.2) is 42.5 Å². The van der Waals surface area contributed by atoms with Crippen LogP contribution in [-0.2, 0) is 0 Å². The van der Waals surface area contributed by atoms with E-state index in [1.807, 2.05) is 0 Å². The zero-order valence-electron chi connectivity index (χ0n) is 17.1. The lowest BCUT2D eigenvalue weighted by Gasteiger charge is -2.27. The normalized spacial score (nSPS) is 18.1. The van der Waals surface area contributed by atoms with Crippen molar-refractivity contribution in [2.75, 3.05) is 38.0 Å². The Kier molecular flexibility index (Phi) is 6.95. The van der Waals surface area contributed by atoms with Crippen molar-refractivity contribution in [2.24, 2.45) is 5.92 Å². The minimum absolute atomic E-state index is 0.226. The molecule has 2 aliphatic rings. The summed E-state index contributed by atoms with van der Waals surface area (Å²) in [6.45, 7) is 11.3. The van der Waals surface area contributed by atoms with Gasteiger partial charge in [-0.1, -0.05) is 31.4 Å². The van der Waals surface area contributed by atoms with Crippen molar-refractivity contribution in [3.63, 3.8) is 0 Å². The molecule has 1 unspecified atom stereocenters. The van der Waals surface area contributed by atoms with Gasteiger partial charge in [-0.2, -0.15) is 0 Å². The third-order valence-electron chi connectivity index (χ3n) is 5.39. The second kappa shape index (κ2) is 9.61. The fraction of sp³-hybridized carbons (Fsp3) is 0.417. The van der Waals surface area contributed by atoms with Gasteiger partial charge in [-0.25, -0.2) is 4.39 Å². The Morgan fingerprint density at radius 3 is 2.57 bits per heavy atom. The van der Waals surface area contributed by atoms with Crippen molar-refractivity contribution in [1.82, 2.24) is 9.80 Å². The highest BCUT2D eigenvalue weighted by Crippen LogP contribution is 2.37. The highest BCUT2D eigenvalue weighted by atomic mass is 19.1. The van der Waals surface area contributed by atoms with Gasteiger partial charge in [-0.05, 0) is 68.8 Å². The molecule has 0 bridgehead atoms. The first kappa shape index (κ1) is 20.2. The molecule has 0 fully saturated rings. The summed E-state index contributed by atoms with van der Waals surface area (Å²) in [5.41, 5.74) is 4.83. The standard InChI is InChI=1S/C24H30FN3/c1-4-27(5-2)18-19-9-14-24-20(16-19)17-23(28(24)6-3)8-7-15-26-22-12-10-21(25)11-13-22/h9-14,17,20,26H,4-6,15-16,18H2,1-3H3. The van der Waals surface area contributed by atoms with Gasteiger partial charge >= 0.3 is 0 Å². The van der Waals surface area contributed by atoms with E-state index in [9.17, 15) is 4.39 Å². The van der Waals surface area contributed by atoms with Gasteiger partial charge in [0.05, 0.1) is 12.2 Å². The summed E-state index contributed by atoms with van der Waals surface area (Å²) in [6.07, 6.45) is 7.97. The molecule has 3 nitrogen and oxygen atoms in total. The van der Waals surface area contributed by atoms with Gasteiger partial charge in [0.25, 0.3) is 0 Å². The van der Waals surface area contributed by atoms with Crippen molar-refractivity contribution < 1.29 is 4.39 Å². The number of nitrogens with zero attached hydrogens (tertiary/aromatic N) is 2. The molecule has 148 valence electrons. The van der Waals surface area contributed by atoms with Gasteiger partial charge in [-0.3, -0.25) is 4.90 Å². The molecule has 0 amide bonds. The molecule has 0 spiro atoms. The van der Waals surface area contributed by atoms with Crippen LogP contribution in [0.3, 0.4) is 0 Å². The van der Waals surface area contributed by atoms with Crippen LogP contribution in [0.4, 0.5) is 10.1 Å². The predicted octanol–water partition coefficient (Wildman–Crippen LogP) is 4.63. The highest BCUT2D eigenvalue weighted by molar-refractivity contribution is 5.46. The second-order valence-electron chi connectivity index (χ2n) is 7.15. The Morgan fingerprint density at radius 2 is 1.89 bits per heavy atom. The van der Waals surface area contributed by atoms with E-state index in [-0.39, 0.29) is 5.82 Å². The molecule has 1 aliphatic heterocycles. The Balaban J connectivity index is 1.62. The first-order chi connectivity index (χ1) is 13.6. The molecule has 4 heteroatoms. The van der Waals surface area contributed by atoms with E-state index in [2.05, 4.69) is 66.0 Å². The van der Waals surface area contributed by atoms with Crippen LogP contribution in [0.5, 0.6) is 0 Å². The van der Waals surface area contributed by atoms with Gasteiger partial charge < -0.3 is 10.2 Å². The van der Waals surface area contributed by atoms with Crippen molar-refractivity contribution >= 4 is 5.69 Å². The minimum atomic E-state index is -0.226. The number of halogens is 1. The van der Waals surface area contributed by atoms with Crippen LogP contribution in [0.1, 0.15) is 27.2 Å². The molecule has 0 saturated carbocycles. The molecule has 3 rings (SSSR count). The van der Waals surface area contributed by atoms with Gasteiger partial charge in [0.15, 0.2) is 0 Å². The molecule has 0 radical (unpaired) electrons. The molecular formula is C24H30FN3. The van der Waals surface area contributed by atoms with Crippen molar-refractivity contribution in [1.29, 1.82) is 0 Å². The largest absolute Gasteiger partial charge is 0.374 e. The molecule has 28 heavy (non-hydrogen) atoms. The molecule has 0 aromatic heterocycles. The van der Waals surface area contributed by atoms with Crippen molar-refractivity contribution in [3.05, 3.63) is 65.3 Å². The van der Waals surface area contributed by atoms with Crippen LogP contribution in [0, 0.1) is 23.6 Å². The number of hydrogen-bond acceptors (Lipinski definition) is 3.